The van der Waals surface area contributed by atoms with Crippen LogP contribution in [0.3, 0.4) is 0 Å². The third kappa shape index (κ3) is 8.66. The molecule has 0 bridgehead atoms. The summed E-state index contributed by atoms with van der Waals surface area (Å²) >= 11 is 0. The van der Waals surface area contributed by atoms with E-state index in [1.165, 1.54) is 9.70 Å². The van der Waals surface area contributed by atoms with Crippen LogP contribution in [0.2, 0.25) is 0 Å². The molecule has 3 fully saturated rings. The van der Waals surface area contributed by atoms with Crippen molar-refractivity contribution in [2.45, 2.75) is 114 Å². The lowest BCUT2D eigenvalue weighted by atomic mass is 10.0. The zero-order valence-corrected chi connectivity index (χ0v) is 29.4. The molecule has 2 saturated heterocycles. The van der Waals surface area contributed by atoms with E-state index in [9.17, 15) is 24.3 Å². The first kappa shape index (κ1) is 35.8. The maximum absolute atomic E-state index is 14.3. The molecule has 3 aliphatic rings. The second-order valence-corrected chi connectivity index (χ2v) is 14.8. The Hall–Kier alpha value is -5.01. The van der Waals surface area contributed by atoms with E-state index in [1.807, 2.05) is 54.6 Å². The van der Waals surface area contributed by atoms with Crippen LogP contribution in [0.1, 0.15) is 90.2 Å². The highest BCUT2D eigenvalue weighted by Gasteiger charge is 2.62. The minimum Gasteiger partial charge on any atom is -0.489 e. The summed E-state index contributed by atoms with van der Waals surface area (Å²) in [5, 5.41) is 29.0. The molecule has 1 saturated carbocycles. The number of alkyl carbamates (subject to hydrolysis) is 1. The number of benzene rings is 2. The Kier molecular flexibility index (Phi) is 10.6. The number of carbonyl (C=O) groups excluding carboxylic acids is 3. The second-order valence-electron chi connectivity index (χ2n) is 14.8. The van der Waals surface area contributed by atoms with Crippen LogP contribution in [0.5, 0.6) is 5.75 Å². The fourth-order valence-corrected chi connectivity index (χ4v) is 7.06. The van der Waals surface area contributed by atoms with Gasteiger partial charge in [0.05, 0.1) is 6.04 Å². The van der Waals surface area contributed by atoms with E-state index in [-0.39, 0.29) is 18.9 Å². The molecule has 51 heavy (non-hydrogen) atoms. The number of carboxylic acid groups (broad SMARTS) is 1. The topological polar surface area (TPSA) is 178 Å². The van der Waals surface area contributed by atoms with Crippen LogP contribution in [0.4, 0.5) is 4.79 Å². The molecule has 272 valence electrons. The number of rotatable bonds is 7. The third-order valence-electron chi connectivity index (χ3n) is 9.83. The molecule has 2 aliphatic heterocycles. The van der Waals surface area contributed by atoms with E-state index in [0.717, 1.165) is 31.2 Å². The second kappa shape index (κ2) is 15.1. The quantitative estimate of drug-likeness (QED) is 0.314. The zero-order valence-electron chi connectivity index (χ0n) is 29.4. The van der Waals surface area contributed by atoms with Crippen LogP contribution in [-0.2, 0) is 25.7 Å². The van der Waals surface area contributed by atoms with E-state index in [2.05, 4.69) is 26.0 Å². The number of tetrazole rings is 1. The fourth-order valence-electron chi connectivity index (χ4n) is 7.06. The van der Waals surface area contributed by atoms with Gasteiger partial charge in [0.15, 0.2) is 0 Å². The first-order valence-electron chi connectivity index (χ1n) is 17.8. The first-order valence-corrected chi connectivity index (χ1v) is 17.8. The molecule has 1 aromatic heterocycles. The number of aliphatic carboxylic acids is 1. The molecule has 6 rings (SSSR count). The summed E-state index contributed by atoms with van der Waals surface area (Å²) in [7, 11) is 0. The van der Waals surface area contributed by atoms with Gasteiger partial charge in [-0.3, -0.25) is 9.59 Å². The lowest BCUT2D eigenvalue weighted by molar-refractivity contribution is -0.146. The molecule has 0 unspecified atom stereocenters. The van der Waals surface area contributed by atoms with E-state index >= 15 is 0 Å². The SMILES string of the molecule is CC(C)(C)OC(=O)N[C@H]1CCCCCCC[C@@H]2C[C@]2(C(=O)O)NC(=O)[C@@H]2C[C@H](n3nnc(-c4cccc(OCc5ccccc5)c4)n3)CN2C1=O. The van der Waals surface area contributed by atoms with E-state index in [0.29, 0.717) is 49.4 Å². The summed E-state index contributed by atoms with van der Waals surface area (Å²) in [5.74, 6) is -1.26. The molecule has 3 aromatic rings. The molecule has 3 N–H and O–H groups in total. The summed E-state index contributed by atoms with van der Waals surface area (Å²) < 4.78 is 11.5. The predicted molar refractivity (Wildman–Crippen MR) is 185 cm³/mol. The standard InChI is InChI=1S/C37H47N7O7/c1-36(2,3)51-35(49)38-29-18-11-6-4-5-10-16-26-21-37(26,34(47)48)39-32(45)30-20-27(22-43(30)33(29)46)44-41-31(40-42-44)25-15-12-17-28(19-25)50-23-24-13-8-7-9-14-24/h7-9,12-15,17,19,26-27,29-30H,4-6,10-11,16,18,20-23H2,1-3H3,(H,38,49)(H,39,45)(H,47,48)/t26-,27+,29+,30+,37+/m1/s1. The van der Waals surface area contributed by atoms with Crippen molar-refractivity contribution in [1.29, 1.82) is 0 Å². The molecule has 14 heteroatoms. The van der Waals surface area contributed by atoms with Crippen molar-refractivity contribution in [2.75, 3.05) is 6.54 Å². The number of nitrogens with one attached hydrogen (secondary N) is 2. The summed E-state index contributed by atoms with van der Waals surface area (Å²) in [6, 6.07) is 14.7. The smallest absolute Gasteiger partial charge is 0.408 e. The number of nitrogens with zero attached hydrogens (tertiary/aromatic N) is 5. The average molecular weight is 702 g/mol. The maximum atomic E-state index is 14.3. The average Bonchev–Trinajstić information content (AvgIpc) is 3.39. The first-order chi connectivity index (χ1) is 24.4. The normalized spacial score (nSPS) is 25.7. The lowest BCUT2D eigenvalue weighted by Gasteiger charge is -2.30. The van der Waals surface area contributed by atoms with Gasteiger partial charge in [0.2, 0.25) is 17.6 Å². The van der Waals surface area contributed by atoms with E-state index < -0.39 is 53.1 Å². The number of hydrogen-bond donors (Lipinski definition) is 3. The maximum Gasteiger partial charge on any atom is 0.408 e. The van der Waals surface area contributed by atoms with Gasteiger partial charge in [-0.1, -0.05) is 74.6 Å². The molecule has 3 heterocycles. The van der Waals surface area contributed by atoms with Crippen LogP contribution in [0.15, 0.2) is 54.6 Å². The molecule has 5 atom stereocenters. The summed E-state index contributed by atoms with van der Waals surface area (Å²) in [4.78, 5) is 56.5. The number of ether oxygens (including phenoxy) is 2. The fraction of sp³-hybridized carbons (Fsp3) is 0.541. The molecule has 2 aromatic carbocycles. The number of carboxylic acids is 1. The van der Waals surface area contributed by atoms with Crippen LogP contribution in [0, 0.1) is 5.92 Å². The molecule has 1 aliphatic carbocycles. The van der Waals surface area contributed by atoms with Gasteiger partial charge in [-0.05, 0) is 68.9 Å². The molecular formula is C37H47N7O7. The summed E-state index contributed by atoms with van der Waals surface area (Å²) in [6.45, 7) is 5.68. The Balaban J connectivity index is 1.24. The van der Waals surface area contributed by atoms with E-state index in [4.69, 9.17) is 9.47 Å². The van der Waals surface area contributed by atoms with Crippen molar-refractivity contribution in [3.63, 3.8) is 0 Å². The van der Waals surface area contributed by atoms with Gasteiger partial charge in [-0.15, -0.1) is 10.2 Å². The van der Waals surface area contributed by atoms with Gasteiger partial charge in [-0.25, -0.2) is 9.59 Å². The minimum absolute atomic E-state index is 0.0585. The van der Waals surface area contributed by atoms with Crippen LogP contribution in [-0.4, -0.2) is 83.9 Å². The number of amides is 3. The highest BCUT2D eigenvalue weighted by molar-refractivity contribution is 5.95. The molecule has 0 radical (unpaired) electrons. The van der Waals surface area contributed by atoms with Crippen molar-refractivity contribution in [1.82, 2.24) is 35.7 Å². The van der Waals surface area contributed by atoms with Gasteiger partial charge in [0.1, 0.15) is 35.6 Å². The highest BCUT2D eigenvalue weighted by Crippen LogP contribution is 2.47. The Morgan fingerprint density at radius 2 is 1.76 bits per heavy atom. The van der Waals surface area contributed by atoms with Crippen LogP contribution >= 0.6 is 0 Å². The minimum atomic E-state index is -1.36. The van der Waals surface area contributed by atoms with Gasteiger partial charge >= 0.3 is 12.1 Å². The highest BCUT2D eigenvalue weighted by atomic mass is 16.6. The Morgan fingerprint density at radius 3 is 2.51 bits per heavy atom. The molecule has 3 amide bonds. The van der Waals surface area contributed by atoms with Crippen LogP contribution in [0.25, 0.3) is 11.4 Å². The molecular weight excluding hydrogens is 654 g/mol. The van der Waals surface area contributed by atoms with Crippen molar-refractivity contribution >= 4 is 23.9 Å². The number of aromatic nitrogens is 4. The lowest BCUT2D eigenvalue weighted by Crippen LogP contribution is -2.56. The van der Waals surface area contributed by atoms with Crippen molar-refractivity contribution in [3.05, 3.63) is 60.2 Å². The Labute approximate surface area is 297 Å². The molecule has 14 nitrogen and oxygen atoms in total. The zero-order chi connectivity index (χ0) is 36.2. The predicted octanol–water partition coefficient (Wildman–Crippen LogP) is 4.66. The summed E-state index contributed by atoms with van der Waals surface area (Å²) in [5.41, 5.74) is -0.420. The van der Waals surface area contributed by atoms with E-state index in [1.54, 1.807) is 20.8 Å². The largest absolute Gasteiger partial charge is 0.489 e. The monoisotopic (exact) mass is 701 g/mol. The van der Waals surface area contributed by atoms with Crippen LogP contribution < -0.4 is 15.4 Å². The molecule has 0 spiro atoms. The number of carbonyl (C=O) groups is 4. The number of fused-ring (bicyclic) bond motifs is 2. The van der Waals surface area contributed by atoms with Gasteiger partial charge in [-0.2, -0.15) is 4.80 Å². The van der Waals surface area contributed by atoms with Gasteiger partial charge in [0.25, 0.3) is 0 Å². The number of hydrogen-bond acceptors (Lipinski definition) is 9. The Morgan fingerprint density at radius 1 is 1.02 bits per heavy atom. The van der Waals surface area contributed by atoms with Crippen molar-refractivity contribution < 1.29 is 33.8 Å². The third-order valence-corrected chi connectivity index (χ3v) is 9.83. The van der Waals surface area contributed by atoms with Crippen molar-refractivity contribution in [2.24, 2.45) is 5.92 Å². The van der Waals surface area contributed by atoms with Gasteiger partial charge < -0.3 is 30.1 Å². The summed E-state index contributed by atoms with van der Waals surface area (Å²) in [6.07, 6.45) is 5.06. The Bertz CT molecular complexity index is 1720. The van der Waals surface area contributed by atoms with Gasteiger partial charge in [0, 0.05) is 18.5 Å². The van der Waals surface area contributed by atoms with Crippen molar-refractivity contribution in [3.8, 4) is 17.1 Å².